The highest BCUT2D eigenvalue weighted by Crippen LogP contribution is 2.22. The quantitative estimate of drug-likeness (QED) is 0.307. The molecule has 0 radical (unpaired) electrons. The summed E-state index contributed by atoms with van der Waals surface area (Å²) in [7, 11) is 0. The molecule has 0 aliphatic heterocycles. The number of nitrogens with one attached hydrogen (secondary N) is 1. The second kappa shape index (κ2) is 11.3. The first-order valence-electron chi connectivity index (χ1n) is 11.2. The van der Waals surface area contributed by atoms with Crippen LogP contribution in [0.5, 0.6) is 5.75 Å². The highest BCUT2D eigenvalue weighted by molar-refractivity contribution is 5.78. The highest BCUT2D eigenvalue weighted by atomic mass is 16.5. The van der Waals surface area contributed by atoms with Crippen molar-refractivity contribution in [3.8, 4) is 5.75 Å². The summed E-state index contributed by atoms with van der Waals surface area (Å²) in [4.78, 5) is 16.9. The number of hydrogen-bond acceptors (Lipinski definition) is 3. The predicted octanol–water partition coefficient (Wildman–Crippen LogP) is 5.60. The molecule has 1 amide bonds. The van der Waals surface area contributed by atoms with E-state index in [9.17, 15) is 4.79 Å². The number of aromatic nitrogens is 2. The maximum Gasteiger partial charge on any atom is 0.220 e. The van der Waals surface area contributed by atoms with Gasteiger partial charge in [0.1, 0.15) is 11.6 Å². The lowest BCUT2D eigenvalue weighted by Crippen LogP contribution is -2.28. The van der Waals surface area contributed by atoms with Crippen molar-refractivity contribution in [3.63, 3.8) is 0 Å². The molecule has 2 aromatic carbocycles. The van der Waals surface area contributed by atoms with Gasteiger partial charge in [-0.05, 0) is 56.4 Å². The molecule has 0 aliphatic carbocycles. The Morgan fingerprint density at radius 1 is 1.19 bits per heavy atom. The molecular weight excluding hydrogens is 386 g/mol. The number of allylic oxidation sites excluding steroid dienone is 1. The van der Waals surface area contributed by atoms with Crippen LogP contribution in [0.25, 0.3) is 11.0 Å². The lowest BCUT2D eigenvalue weighted by Gasteiger charge is -2.16. The Morgan fingerprint density at radius 3 is 2.77 bits per heavy atom. The first-order chi connectivity index (χ1) is 15.1. The SMILES string of the molecule is C=CCc1ccccc1OCCCCn1c(C(C)NC(=O)CCC)nc2ccccc21. The monoisotopic (exact) mass is 419 g/mol. The lowest BCUT2D eigenvalue weighted by atomic mass is 10.1. The normalized spacial score (nSPS) is 11.9. The number of amides is 1. The van der Waals surface area contributed by atoms with Crippen LogP contribution in [0.3, 0.4) is 0 Å². The van der Waals surface area contributed by atoms with Crippen molar-refractivity contribution in [2.45, 2.75) is 58.5 Å². The van der Waals surface area contributed by atoms with Gasteiger partial charge in [0.25, 0.3) is 0 Å². The van der Waals surface area contributed by atoms with E-state index in [1.165, 1.54) is 0 Å². The number of nitrogens with zero attached hydrogens (tertiary/aromatic N) is 2. The molecule has 0 saturated carbocycles. The summed E-state index contributed by atoms with van der Waals surface area (Å²) in [6, 6.07) is 16.1. The Kier molecular flexibility index (Phi) is 8.27. The van der Waals surface area contributed by atoms with Crippen LogP contribution in [0, 0.1) is 0 Å². The number of imidazole rings is 1. The number of carbonyl (C=O) groups is 1. The van der Waals surface area contributed by atoms with E-state index in [0.29, 0.717) is 13.0 Å². The van der Waals surface area contributed by atoms with Crippen LogP contribution in [0.4, 0.5) is 0 Å². The molecule has 0 saturated heterocycles. The van der Waals surface area contributed by atoms with Gasteiger partial charge in [-0.15, -0.1) is 6.58 Å². The summed E-state index contributed by atoms with van der Waals surface area (Å²) in [5, 5.41) is 3.08. The molecule has 1 atom stereocenters. The van der Waals surface area contributed by atoms with Gasteiger partial charge >= 0.3 is 0 Å². The number of ether oxygens (including phenoxy) is 1. The summed E-state index contributed by atoms with van der Waals surface area (Å²) in [5.41, 5.74) is 3.23. The number of fused-ring (bicyclic) bond motifs is 1. The molecule has 1 N–H and O–H groups in total. The average Bonchev–Trinajstić information content (AvgIpc) is 3.14. The Hall–Kier alpha value is -3.08. The number of benzene rings is 2. The van der Waals surface area contributed by atoms with Crippen molar-refractivity contribution in [2.75, 3.05) is 6.61 Å². The lowest BCUT2D eigenvalue weighted by molar-refractivity contribution is -0.121. The van der Waals surface area contributed by atoms with Gasteiger partial charge in [0.05, 0.1) is 23.7 Å². The summed E-state index contributed by atoms with van der Waals surface area (Å²) >= 11 is 0. The number of aryl methyl sites for hydroxylation is 1. The number of unbranched alkanes of at least 4 members (excludes halogenated alkanes) is 1. The number of para-hydroxylation sites is 3. The van der Waals surface area contributed by atoms with E-state index in [1.807, 2.05) is 56.3 Å². The van der Waals surface area contributed by atoms with E-state index in [-0.39, 0.29) is 11.9 Å². The van der Waals surface area contributed by atoms with Gasteiger partial charge in [0.15, 0.2) is 0 Å². The van der Waals surface area contributed by atoms with Gasteiger partial charge < -0.3 is 14.6 Å². The molecule has 164 valence electrons. The summed E-state index contributed by atoms with van der Waals surface area (Å²) in [6.07, 6.45) is 5.98. The van der Waals surface area contributed by atoms with Crippen LogP contribution in [0.15, 0.2) is 61.2 Å². The summed E-state index contributed by atoms with van der Waals surface area (Å²) < 4.78 is 8.26. The zero-order chi connectivity index (χ0) is 22.1. The first kappa shape index (κ1) is 22.6. The minimum atomic E-state index is -0.131. The number of rotatable bonds is 12. The van der Waals surface area contributed by atoms with Crippen LogP contribution in [0.2, 0.25) is 0 Å². The maximum atomic E-state index is 12.1. The van der Waals surface area contributed by atoms with Crippen molar-refractivity contribution < 1.29 is 9.53 Å². The van der Waals surface area contributed by atoms with Crippen LogP contribution < -0.4 is 10.1 Å². The van der Waals surface area contributed by atoms with Crippen LogP contribution in [-0.2, 0) is 17.8 Å². The van der Waals surface area contributed by atoms with Gasteiger partial charge in [0.2, 0.25) is 5.91 Å². The van der Waals surface area contributed by atoms with Crippen LogP contribution >= 0.6 is 0 Å². The van der Waals surface area contributed by atoms with E-state index in [4.69, 9.17) is 9.72 Å². The third-order valence-corrected chi connectivity index (χ3v) is 5.30. The van der Waals surface area contributed by atoms with E-state index in [2.05, 4.69) is 28.6 Å². The Labute approximate surface area is 185 Å². The maximum absolute atomic E-state index is 12.1. The van der Waals surface area contributed by atoms with Crippen LogP contribution in [0.1, 0.15) is 57.0 Å². The fourth-order valence-electron chi connectivity index (χ4n) is 3.79. The van der Waals surface area contributed by atoms with Gasteiger partial charge in [0, 0.05) is 13.0 Å². The van der Waals surface area contributed by atoms with Gasteiger partial charge in [-0.1, -0.05) is 43.3 Å². The smallest absolute Gasteiger partial charge is 0.220 e. The average molecular weight is 420 g/mol. The molecule has 0 bridgehead atoms. The Morgan fingerprint density at radius 2 is 1.97 bits per heavy atom. The largest absolute Gasteiger partial charge is 0.493 e. The van der Waals surface area contributed by atoms with Gasteiger partial charge in [-0.25, -0.2) is 4.98 Å². The van der Waals surface area contributed by atoms with Crippen molar-refractivity contribution in [3.05, 3.63) is 72.6 Å². The predicted molar refractivity (Wildman–Crippen MR) is 126 cm³/mol. The van der Waals surface area contributed by atoms with Crippen molar-refractivity contribution in [2.24, 2.45) is 0 Å². The van der Waals surface area contributed by atoms with Crippen molar-refractivity contribution in [1.82, 2.24) is 14.9 Å². The third-order valence-electron chi connectivity index (χ3n) is 5.30. The zero-order valence-electron chi connectivity index (χ0n) is 18.6. The van der Waals surface area contributed by atoms with Gasteiger partial charge in [-0.2, -0.15) is 0 Å². The zero-order valence-corrected chi connectivity index (χ0v) is 18.6. The Balaban J connectivity index is 1.63. The Bertz CT molecular complexity index is 1010. The molecule has 5 nitrogen and oxygen atoms in total. The molecule has 1 heterocycles. The van der Waals surface area contributed by atoms with Gasteiger partial charge in [-0.3, -0.25) is 4.79 Å². The molecule has 0 aliphatic rings. The summed E-state index contributed by atoms with van der Waals surface area (Å²) in [5.74, 6) is 1.91. The minimum absolute atomic E-state index is 0.0696. The molecule has 1 unspecified atom stereocenters. The summed E-state index contributed by atoms with van der Waals surface area (Å²) in [6.45, 7) is 9.34. The molecule has 3 aromatic rings. The molecule has 0 fully saturated rings. The molecule has 0 spiro atoms. The minimum Gasteiger partial charge on any atom is -0.493 e. The molecular formula is C26H33N3O2. The van der Waals surface area contributed by atoms with Crippen molar-refractivity contribution in [1.29, 1.82) is 0 Å². The van der Waals surface area contributed by atoms with E-state index in [0.717, 1.165) is 60.4 Å². The van der Waals surface area contributed by atoms with E-state index in [1.54, 1.807) is 0 Å². The third kappa shape index (κ3) is 5.97. The van der Waals surface area contributed by atoms with Crippen LogP contribution in [-0.4, -0.2) is 22.1 Å². The second-order valence-electron chi connectivity index (χ2n) is 7.81. The highest BCUT2D eigenvalue weighted by Gasteiger charge is 2.18. The first-order valence-corrected chi connectivity index (χ1v) is 11.2. The fraction of sp³-hybridized carbons (Fsp3) is 0.385. The standard InChI is InChI=1S/C26H33N3O2/c1-4-12-21-14-6-9-17-24(21)31-19-11-10-18-29-23-16-8-7-15-22(23)28-26(29)20(3)27-25(30)13-5-2/h4,6-9,14-17,20H,1,5,10-13,18-19H2,2-3H3,(H,27,30). The van der Waals surface area contributed by atoms with E-state index < -0.39 is 0 Å². The molecule has 1 aromatic heterocycles. The molecule has 5 heteroatoms. The van der Waals surface area contributed by atoms with Crippen molar-refractivity contribution >= 4 is 16.9 Å². The number of carbonyl (C=O) groups excluding carboxylic acids is 1. The van der Waals surface area contributed by atoms with E-state index >= 15 is 0 Å². The number of hydrogen-bond donors (Lipinski definition) is 1. The fourth-order valence-corrected chi connectivity index (χ4v) is 3.79. The molecule has 31 heavy (non-hydrogen) atoms. The second-order valence-corrected chi connectivity index (χ2v) is 7.81. The topological polar surface area (TPSA) is 56.1 Å². The molecule has 3 rings (SSSR count).